The molecule has 1 N–H and O–H groups in total. The van der Waals surface area contributed by atoms with Crippen molar-refractivity contribution in [2.45, 2.75) is 0 Å². The zero-order chi connectivity index (χ0) is 14.9. The first kappa shape index (κ1) is 14.8. The number of amides is 1. The predicted molar refractivity (Wildman–Crippen MR) is 74.7 cm³/mol. The van der Waals surface area contributed by atoms with Crippen LogP contribution in [0.2, 0.25) is 5.02 Å². The fraction of sp³-hybridized carbons (Fsp3) is 0.333. The molecule has 0 atom stereocenters. The number of carbonyl (C=O) groups is 1. The van der Waals surface area contributed by atoms with Crippen LogP contribution in [0.25, 0.3) is 0 Å². The average molecular weight is 314 g/mol. The third-order valence-corrected chi connectivity index (χ3v) is 4.52. The van der Waals surface area contributed by atoms with Crippen molar-refractivity contribution >= 4 is 33.2 Å². The molecule has 0 spiro atoms. The van der Waals surface area contributed by atoms with Crippen LogP contribution in [0.15, 0.2) is 18.2 Å². The molecule has 106 valence electrons. The van der Waals surface area contributed by atoms with Crippen molar-refractivity contribution in [3.63, 3.8) is 0 Å². The maximum atomic E-state index is 12.0. The van der Waals surface area contributed by atoms with Crippen LogP contribution < -0.4 is 5.32 Å². The lowest BCUT2D eigenvalue weighted by atomic mass is 10.0. The molecule has 1 heterocycles. The van der Waals surface area contributed by atoms with Crippen LogP contribution in [0, 0.1) is 17.2 Å². The molecule has 1 saturated heterocycles. The number of anilines is 1. The quantitative estimate of drug-likeness (QED) is 0.902. The molecule has 1 fully saturated rings. The molecule has 2 rings (SSSR count). The molecule has 0 aromatic heterocycles. The number of benzene rings is 1. The molecule has 1 amide bonds. The van der Waals surface area contributed by atoms with Crippen LogP contribution >= 0.6 is 11.6 Å². The Bertz CT molecular complexity index is 690. The van der Waals surface area contributed by atoms with Gasteiger partial charge >= 0.3 is 0 Å². The van der Waals surface area contributed by atoms with E-state index in [1.54, 1.807) is 6.07 Å². The average Bonchev–Trinajstić information content (AvgIpc) is 2.25. The van der Waals surface area contributed by atoms with Gasteiger partial charge < -0.3 is 5.32 Å². The molecule has 0 saturated carbocycles. The van der Waals surface area contributed by atoms with E-state index < -0.39 is 15.9 Å². The highest BCUT2D eigenvalue weighted by atomic mass is 35.5. The molecular weight excluding hydrogens is 302 g/mol. The third kappa shape index (κ3) is 3.10. The van der Waals surface area contributed by atoms with Crippen molar-refractivity contribution in [1.82, 2.24) is 4.31 Å². The van der Waals surface area contributed by atoms with Crippen molar-refractivity contribution in [2.24, 2.45) is 5.92 Å². The Morgan fingerprint density at radius 2 is 2.15 bits per heavy atom. The van der Waals surface area contributed by atoms with Crippen LogP contribution in [-0.4, -0.2) is 38.0 Å². The summed E-state index contributed by atoms with van der Waals surface area (Å²) in [6, 6.07) is 6.52. The maximum absolute atomic E-state index is 12.0. The number of rotatable bonds is 3. The summed E-state index contributed by atoms with van der Waals surface area (Å²) in [6.45, 7) is 0.320. The monoisotopic (exact) mass is 313 g/mol. The van der Waals surface area contributed by atoms with Crippen molar-refractivity contribution in [3.05, 3.63) is 28.8 Å². The van der Waals surface area contributed by atoms with Crippen LogP contribution in [0.3, 0.4) is 0 Å². The Labute approximate surface area is 122 Å². The molecular formula is C12H12ClN3O3S. The molecule has 1 aliphatic heterocycles. The van der Waals surface area contributed by atoms with E-state index >= 15 is 0 Å². The highest BCUT2D eigenvalue weighted by Gasteiger charge is 2.37. The molecule has 1 aromatic rings. The molecule has 0 aliphatic carbocycles. The van der Waals surface area contributed by atoms with E-state index in [0.717, 1.165) is 6.26 Å². The van der Waals surface area contributed by atoms with Gasteiger partial charge in [-0.15, -0.1) is 0 Å². The van der Waals surface area contributed by atoms with Crippen LogP contribution in [0.4, 0.5) is 5.69 Å². The second-order valence-corrected chi connectivity index (χ2v) is 6.99. The maximum Gasteiger partial charge on any atom is 0.230 e. The van der Waals surface area contributed by atoms with Crippen LogP contribution in [0.5, 0.6) is 0 Å². The lowest BCUT2D eigenvalue weighted by Crippen LogP contribution is -2.53. The van der Waals surface area contributed by atoms with Gasteiger partial charge in [-0.05, 0) is 18.2 Å². The van der Waals surface area contributed by atoms with Crippen LogP contribution in [-0.2, 0) is 14.8 Å². The van der Waals surface area contributed by atoms with Gasteiger partial charge in [0.25, 0.3) is 0 Å². The highest BCUT2D eigenvalue weighted by Crippen LogP contribution is 2.24. The normalized spacial score (nSPS) is 16.2. The number of halogens is 1. The number of carbonyl (C=O) groups excluding carboxylic acids is 1. The Kier molecular flexibility index (Phi) is 3.99. The van der Waals surface area contributed by atoms with Crippen molar-refractivity contribution < 1.29 is 13.2 Å². The number of hydrogen-bond acceptors (Lipinski definition) is 4. The Balaban J connectivity index is 2.04. The molecule has 0 radical (unpaired) electrons. The SMILES string of the molecule is CS(=O)(=O)N1CC(C(=O)Nc2cc(Cl)ccc2C#N)C1. The largest absolute Gasteiger partial charge is 0.325 e. The first-order valence-electron chi connectivity index (χ1n) is 5.77. The summed E-state index contributed by atoms with van der Waals surface area (Å²) in [5, 5.41) is 12.0. The Hall–Kier alpha value is -1.62. The van der Waals surface area contributed by atoms with Gasteiger partial charge in [0.15, 0.2) is 0 Å². The fourth-order valence-electron chi connectivity index (χ4n) is 1.83. The Morgan fingerprint density at radius 1 is 1.50 bits per heavy atom. The van der Waals surface area contributed by atoms with Gasteiger partial charge in [-0.2, -0.15) is 5.26 Å². The summed E-state index contributed by atoms with van der Waals surface area (Å²) in [5.74, 6) is -0.723. The van der Waals surface area contributed by atoms with Gasteiger partial charge in [-0.25, -0.2) is 12.7 Å². The lowest BCUT2D eigenvalue weighted by molar-refractivity contribution is -0.122. The van der Waals surface area contributed by atoms with E-state index in [4.69, 9.17) is 16.9 Å². The Morgan fingerprint density at radius 3 is 2.70 bits per heavy atom. The van der Waals surface area contributed by atoms with Gasteiger partial charge in [-0.1, -0.05) is 11.6 Å². The summed E-state index contributed by atoms with van der Waals surface area (Å²) >= 11 is 5.82. The molecule has 1 aliphatic rings. The van der Waals surface area contributed by atoms with E-state index in [1.807, 2.05) is 6.07 Å². The van der Waals surface area contributed by atoms with E-state index in [2.05, 4.69) is 5.32 Å². The second kappa shape index (κ2) is 5.40. The van der Waals surface area contributed by atoms with Crippen molar-refractivity contribution in [3.8, 4) is 6.07 Å². The van der Waals surface area contributed by atoms with Crippen LogP contribution in [0.1, 0.15) is 5.56 Å². The smallest absolute Gasteiger partial charge is 0.230 e. The van der Waals surface area contributed by atoms with Gasteiger partial charge in [0.05, 0.1) is 23.4 Å². The standard InChI is InChI=1S/C12H12ClN3O3S/c1-20(18,19)16-6-9(7-16)12(17)15-11-4-10(13)3-2-8(11)5-14/h2-4,9H,6-7H2,1H3,(H,15,17). The summed E-state index contributed by atoms with van der Waals surface area (Å²) in [7, 11) is -3.25. The summed E-state index contributed by atoms with van der Waals surface area (Å²) in [4.78, 5) is 12.0. The highest BCUT2D eigenvalue weighted by molar-refractivity contribution is 7.88. The molecule has 20 heavy (non-hydrogen) atoms. The molecule has 6 nitrogen and oxygen atoms in total. The van der Waals surface area contributed by atoms with Crippen molar-refractivity contribution in [2.75, 3.05) is 24.7 Å². The number of hydrogen-bond donors (Lipinski definition) is 1. The van der Waals surface area contributed by atoms with Crippen molar-refractivity contribution in [1.29, 1.82) is 5.26 Å². The topological polar surface area (TPSA) is 90.3 Å². The minimum Gasteiger partial charge on any atom is -0.325 e. The predicted octanol–water partition coefficient (Wildman–Crippen LogP) is 1.04. The van der Waals surface area contributed by atoms with Gasteiger partial charge in [0.2, 0.25) is 15.9 Å². The van der Waals surface area contributed by atoms with Gasteiger partial charge in [0.1, 0.15) is 6.07 Å². The van der Waals surface area contributed by atoms with E-state index in [0.29, 0.717) is 16.3 Å². The molecule has 1 aromatic carbocycles. The molecule has 0 unspecified atom stereocenters. The van der Waals surface area contributed by atoms with E-state index in [-0.39, 0.29) is 19.0 Å². The molecule has 8 heteroatoms. The second-order valence-electron chi connectivity index (χ2n) is 4.57. The minimum atomic E-state index is -3.25. The van der Waals surface area contributed by atoms with Gasteiger partial charge in [0, 0.05) is 18.1 Å². The number of sulfonamides is 1. The summed E-state index contributed by atoms with van der Waals surface area (Å²) < 4.78 is 23.7. The lowest BCUT2D eigenvalue weighted by Gasteiger charge is -2.35. The zero-order valence-electron chi connectivity index (χ0n) is 10.6. The number of nitrogens with one attached hydrogen (secondary N) is 1. The zero-order valence-corrected chi connectivity index (χ0v) is 12.2. The molecule has 0 bridgehead atoms. The van der Waals surface area contributed by atoms with Gasteiger partial charge in [-0.3, -0.25) is 4.79 Å². The van der Waals surface area contributed by atoms with E-state index in [1.165, 1.54) is 16.4 Å². The fourth-order valence-corrected chi connectivity index (χ4v) is 2.90. The first-order valence-corrected chi connectivity index (χ1v) is 7.99. The number of nitrogens with zero attached hydrogens (tertiary/aromatic N) is 2. The minimum absolute atomic E-state index is 0.160. The first-order chi connectivity index (χ1) is 9.31. The van der Waals surface area contributed by atoms with E-state index in [9.17, 15) is 13.2 Å². The number of nitriles is 1. The third-order valence-electron chi connectivity index (χ3n) is 3.05. The summed E-state index contributed by atoms with van der Waals surface area (Å²) in [5.41, 5.74) is 0.643. The summed E-state index contributed by atoms with van der Waals surface area (Å²) in [6.07, 6.45) is 1.10.